The maximum atomic E-state index is 13.3. The van der Waals surface area contributed by atoms with Crippen LogP contribution in [0.3, 0.4) is 0 Å². The number of amides is 1. The van der Waals surface area contributed by atoms with Gasteiger partial charge in [0.15, 0.2) is 5.69 Å². The van der Waals surface area contributed by atoms with Crippen molar-refractivity contribution < 1.29 is 14.3 Å². The first-order valence-electron chi connectivity index (χ1n) is 11.6. The number of nitrogens with zero attached hydrogens (tertiary/aromatic N) is 3. The van der Waals surface area contributed by atoms with Crippen LogP contribution < -0.4 is 10.1 Å². The Morgan fingerprint density at radius 1 is 1.09 bits per heavy atom. The zero-order valence-corrected chi connectivity index (χ0v) is 19.0. The number of aromatic nitrogens is 2. The summed E-state index contributed by atoms with van der Waals surface area (Å²) < 4.78 is 12.8. The minimum absolute atomic E-state index is 0.0630. The molecule has 1 unspecified atom stereocenters. The number of rotatable bonds is 7. The molecule has 0 saturated carbocycles. The highest BCUT2D eigenvalue weighted by molar-refractivity contribution is 5.94. The van der Waals surface area contributed by atoms with Gasteiger partial charge in [-0.2, -0.15) is 5.10 Å². The molecule has 1 aliphatic carbocycles. The average molecular weight is 447 g/mol. The summed E-state index contributed by atoms with van der Waals surface area (Å²) in [6.07, 6.45) is 2.91. The molecule has 33 heavy (non-hydrogen) atoms. The predicted octanol–water partition coefficient (Wildman–Crippen LogP) is 3.17. The van der Waals surface area contributed by atoms with E-state index in [1.807, 2.05) is 47.1 Å². The number of benzene rings is 2. The minimum Gasteiger partial charge on any atom is -0.497 e. The third-order valence-electron chi connectivity index (χ3n) is 6.59. The van der Waals surface area contributed by atoms with E-state index < -0.39 is 0 Å². The van der Waals surface area contributed by atoms with E-state index in [0.717, 1.165) is 60.6 Å². The lowest BCUT2D eigenvalue weighted by atomic mass is 10.0. The zero-order valence-electron chi connectivity index (χ0n) is 19.0. The number of hydrogen-bond donors (Lipinski definition) is 1. The topological polar surface area (TPSA) is 68.6 Å². The van der Waals surface area contributed by atoms with Gasteiger partial charge in [-0.15, -0.1) is 0 Å². The third-order valence-corrected chi connectivity index (χ3v) is 6.59. The summed E-state index contributed by atoms with van der Waals surface area (Å²) in [5.74, 6) is 0.722. The molecule has 2 heterocycles. The molecule has 1 fully saturated rings. The highest BCUT2D eigenvalue weighted by Crippen LogP contribution is 2.28. The van der Waals surface area contributed by atoms with E-state index in [0.29, 0.717) is 25.5 Å². The smallest absolute Gasteiger partial charge is 0.272 e. The molecule has 3 aromatic rings. The largest absolute Gasteiger partial charge is 0.497 e. The van der Waals surface area contributed by atoms with Crippen LogP contribution in [0.4, 0.5) is 0 Å². The van der Waals surface area contributed by atoms with E-state index in [-0.39, 0.29) is 11.9 Å². The summed E-state index contributed by atoms with van der Waals surface area (Å²) in [4.78, 5) is 15.7. The summed E-state index contributed by atoms with van der Waals surface area (Å²) in [5.41, 5.74) is 4.95. The Morgan fingerprint density at radius 3 is 2.58 bits per heavy atom. The number of morpholine rings is 1. The molecule has 1 amide bonds. The van der Waals surface area contributed by atoms with Gasteiger partial charge in [0, 0.05) is 30.9 Å². The number of hydrogen-bond acceptors (Lipinski definition) is 5. The van der Waals surface area contributed by atoms with Crippen molar-refractivity contribution in [3.63, 3.8) is 0 Å². The van der Waals surface area contributed by atoms with Crippen LogP contribution >= 0.6 is 0 Å². The fraction of sp³-hybridized carbons (Fsp3) is 0.385. The predicted molar refractivity (Wildman–Crippen MR) is 126 cm³/mol. The van der Waals surface area contributed by atoms with Crippen LogP contribution in [-0.2, 0) is 17.6 Å². The van der Waals surface area contributed by atoms with Gasteiger partial charge in [0.25, 0.3) is 5.91 Å². The summed E-state index contributed by atoms with van der Waals surface area (Å²) in [6.45, 7) is 3.60. The van der Waals surface area contributed by atoms with Crippen molar-refractivity contribution in [1.29, 1.82) is 0 Å². The van der Waals surface area contributed by atoms with Gasteiger partial charge in [-0.05, 0) is 49.1 Å². The van der Waals surface area contributed by atoms with Crippen LogP contribution in [0.15, 0.2) is 54.6 Å². The number of methoxy groups -OCH3 is 1. The molecule has 1 N–H and O–H groups in total. The molecule has 0 bridgehead atoms. The lowest BCUT2D eigenvalue weighted by Gasteiger charge is -2.35. The average Bonchev–Trinajstić information content (AvgIpc) is 3.49. The van der Waals surface area contributed by atoms with E-state index in [1.165, 1.54) is 0 Å². The molecule has 2 aliphatic rings. The minimum atomic E-state index is -0.102. The Hall–Kier alpha value is -3.16. The van der Waals surface area contributed by atoms with Crippen molar-refractivity contribution in [1.82, 2.24) is 20.0 Å². The first kappa shape index (κ1) is 21.7. The van der Waals surface area contributed by atoms with Gasteiger partial charge in [-0.3, -0.25) is 9.69 Å². The van der Waals surface area contributed by atoms with Crippen LogP contribution in [0.1, 0.15) is 39.8 Å². The molecular weight excluding hydrogens is 416 g/mol. The molecular formula is C26H30N4O3. The molecule has 0 radical (unpaired) electrons. The molecule has 7 nitrogen and oxygen atoms in total. The van der Waals surface area contributed by atoms with Crippen LogP contribution in [0, 0.1) is 0 Å². The number of ether oxygens (including phenoxy) is 2. The lowest BCUT2D eigenvalue weighted by molar-refractivity contribution is 0.0162. The monoisotopic (exact) mass is 446 g/mol. The third kappa shape index (κ3) is 4.51. The zero-order chi connectivity index (χ0) is 22.6. The first-order chi connectivity index (χ1) is 16.2. The molecule has 5 rings (SSSR count). The Labute approximate surface area is 194 Å². The normalized spacial score (nSPS) is 16.9. The van der Waals surface area contributed by atoms with Gasteiger partial charge >= 0.3 is 0 Å². The maximum absolute atomic E-state index is 13.3. The first-order valence-corrected chi connectivity index (χ1v) is 11.6. The molecule has 1 saturated heterocycles. The maximum Gasteiger partial charge on any atom is 0.272 e. The van der Waals surface area contributed by atoms with E-state index in [2.05, 4.69) is 22.3 Å². The summed E-state index contributed by atoms with van der Waals surface area (Å²) in [6, 6.07) is 18.2. The lowest BCUT2D eigenvalue weighted by Crippen LogP contribution is -2.44. The number of para-hydroxylation sites is 1. The number of fused-ring (bicyclic) bond motifs is 1. The van der Waals surface area contributed by atoms with Gasteiger partial charge in [0.2, 0.25) is 0 Å². The quantitative estimate of drug-likeness (QED) is 0.604. The van der Waals surface area contributed by atoms with Crippen LogP contribution in [0.5, 0.6) is 5.75 Å². The highest BCUT2D eigenvalue weighted by Gasteiger charge is 2.28. The second-order valence-electron chi connectivity index (χ2n) is 8.52. The fourth-order valence-electron chi connectivity index (χ4n) is 4.85. The second-order valence-corrected chi connectivity index (χ2v) is 8.52. The van der Waals surface area contributed by atoms with E-state index >= 15 is 0 Å². The summed E-state index contributed by atoms with van der Waals surface area (Å²) >= 11 is 0. The standard InChI is InChI=1S/C26H30N4O3/c1-32-21-12-10-19(11-13-21)24(29-14-16-33-17-15-29)18-27-26(31)25-22-8-5-9-23(22)30(28-25)20-6-3-2-4-7-20/h2-4,6-7,10-13,24H,5,8-9,14-18H2,1H3,(H,27,31). The Kier molecular flexibility index (Phi) is 6.41. The van der Waals surface area contributed by atoms with Crippen molar-refractivity contribution in [2.24, 2.45) is 0 Å². The second kappa shape index (κ2) is 9.77. The van der Waals surface area contributed by atoms with Crippen molar-refractivity contribution in [3.8, 4) is 11.4 Å². The number of nitrogens with one attached hydrogen (secondary N) is 1. The van der Waals surface area contributed by atoms with Crippen LogP contribution in [0.2, 0.25) is 0 Å². The van der Waals surface area contributed by atoms with Crippen molar-refractivity contribution in [2.45, 2.75) is 25.3 Å². The van der Waals surface area contributed by atoms with E-state index in [1.54, 1.807) is 7.11 Å². The molecule has 1 atom stereocenters. The summed E-state index contributed by atoms with van der Waals surface area (Å²) in [7, 11) is 1.67. The molecule has 2 aromatic carbocycles. The van der Waals surface area contributed by atoms with E-state index in [9.17, 15) is 4.79 Å². The number of carbonyl (C=O) groups excluding carboxylic acids is 1. The van der Waals surface area contributed by atoms with E-state index in [4.69, 9.17) is 14.6 Å². The van der Waals surface area contributed by atoms with Crippen molar-refractivity contribution in [2.75, 3.05) is 40.0 Å². The van der Waals surface area contributed by atoms with Gasteiger partial charge in [0.05, 0.1) is 32.1 Å². The fourth-order valence-corrected chi connectivity index (χ4v) is 4.85. The Morgan fingerprint density at radius 2 is 1.85 bits per heavy atom. The molecule has 1 aliphatic heterocycles. The van der Waals surface area contributed by atoms with Gasteiger partial charge in [-0.25, -0.2) is 4.68 Å². The highest BCUT2D eigenvalue weighted by atomic mass is 16.5. The molecule has 172 valence electrons. The van der Waals surface area contributed by atoms with Gasteiger partial charge in [-0.1, -0.05) is 30.3 Å². The van der Waals surface area contributed by atoms with Gasteiger partial charge < -0.3 is 14.8 Å². The number of carbonyl (C=O) groups is 1. The van der Waals surface area contributed by atoms with Crippen LogP contribution in [0.25, 0.3) is 5.69 Å². The Bertz CT molecular complexity index is 1090. The van der Waals surface area contributed by atoms with Crippen molar-refractivity contribution in [3.05, 3.63) is 77.1 Å². The summed E-state index contributed by atoms with van der Waals surface area (Å²) in [5, 5.41) is 7.93. The SMILES string of the molecule is COc1ccc(C(CNC(=O)c2nn(-c3ccccc3)c3c2CCC3)N2CCOCC2)cc1. The molecule has 7 heteroatoms. The van der Waals surface area contributed by atoms with Crippen molar-refractivity contribution >= 4 is 5.91 Å². The molecule has 1 aromatic heterocycles. The van der Waals surface area contributed by atoms with Crippen LogP contribution in [-0.4, -0.2) is 60.5 Å². The van der Waals surface area contributed by atoms with Gasteiger partial charge in [0.1, 0.15) is 5.75 Å². The Balaban J connectivity index is 1.37. The molecule has 0 spiro atoms.